The number of hydrogen-bond donors (Lipinski definition) is 1. The fraction of sp³-hybridized carbons (Fsp3) is 0.444. The van der Waals surface area contributed by atoms with E-state index in [-0.39, 0.29) is 12.0 Å². The number of amides is 1. The second-order valence-electron chi connectivity index (χ2n) is 5.61. The lowest BCUT2D eigenvalue weighted by Crippen LogP contribution is -2.29. The average molecular weight is 332 g/mol. The average Bonchev–Trinajstić information content (AvgIpc) is 2.92. The van der Waals surface area contributed by atoms with E-state index >= 15 is 0 Å². The molecule has 130 valence electrons. The van der Waals surface area contributed by atoms with Crippen LogP contribution in [0, 0.1) is 13.8 Å². The molecule has 0 aliphatic rings. The standard InChI is InChI=1S/C18H24N2O4/c1-12-16(13(2)24-20-12)8-9-18(21)19-11-17(23-4)14-6-5-7-15(10-14)22-3/h5-7,10,17H,8-9,11H2,1-4H3,(H,19,21). The van der Waals surface area contributed by atoms with E-state index in [1.807, 2.05) is 38.1 Å². The second kappa shape index (κ2) is 8.49. The van der Waals surface area contributed by atoms with Gasteiger partial charge in [0.05, 0.1) is 18.9 Å². The van der Waals surface area contributed by atoms with Gasteiger partial charge in [0, 0.05) is 25.6 Å². The highest BCUT2D eigenvalue weighted by Gasteiger charge is 2.14. The monoisotopic (exact) mass is 332 g/mol. The van der Waals surface area contributed by atoms with E-state index in [0.717, 1.165) is 28.3 Å². The van der Waals surface area contributed by atoms with Crippen LogP contribution in [0.4, 0.5) is 0 Å². The van der Waals surface area contributed by atoms with E-state index < -0.39 is 0 Å². The van der Waals surface area contributed by atoms with Crippen molar-refractivity contribution in [2.75, 3.05) is 20.8 Å². The number of hydrogen-bond acceptors (Lipinski definition) is 5. The number of carbonyl (C=O) groups is 1. The van der Waals surface area contributed by atoms with Gasteiger partial charge in [0.15, 0.2) is 0 Å². The third-order valence-corrected chi connectivity index (χ3v) is 4.02. The zero-order valence-corrected chi connectivity index (χ0v) is 14.6. The number of rotatable bonds is 8. The summed E-state index contributed by atoms with van der Waals surface area (Å²) in [6, 6.07) is 7.63. The predicted molar refractivity (Wildman–Crippen MR) is 90.1 cm³/mol. The molecule has 0 aliphatic heterocycles. The molecule has 2 rings (SSSR count). The van der Waals surface area contributed by atoms with Crippen molar-refractivity contribution in [1.29, 1.82) is 0 Å². The molecule has 1 aromatic carbocycles. The third-order valence-electron chi connectivity index (χ3n) is 4.02. The van der Waals surface area contributed by atoms with Gasteiger partial charge in [-0.3, -0.25) is 4.79 Å². The van der Waals surface area contributed by atoms with Crippen molar-refractivity contribution in [2.45, 2.75) is 32.8 Å². The number of carbonyl (C=O) groups excluding carboxylic acids is 1. The van der Waals surface area contributed by atoms with Gasteiger partial charge in [-0.15, -0.1) is 0 Å². The van der Waals surface area contributed by atoms with Crippen LogP contribution < -0.4 is 10.1 Å². The van der Waals surface area contributed by atoms with Crippen LogP contribution in [0.1, 0.15) is 35.1 Å². The van der Waals surface area contributed by atoms with Gasteiger partial charge in [-0.2, -0.15) is 0 Å². The van der Waals surface area contributed by atoms with Gasteiger partial charge in [0.25, 0.3) is 0 Å². The summed E-state index contributed by atoms with van der Waals surface area (Å²) in [4.78, 5) is 12.1. The van der Waals surface area contributed by atoms with Crippen LogP contribution in [0.3, 0.4) is 0 Å². The molecule has 0 aliphatic carbocycles. The van der Waals surface area contributed by atoms with Crippen LogP contribution in [0.2, 0.25) is 0 Å². The number of nitrogens with zero attached hydrogens (tertiary/aromatic N) is 1. The van der Waals surface area contributed by atoms with E-state index in [1.54, 1.807) is 14.2 Å². The van der Waals surface area contributed by atoms with Gasteiger partial charge in [-0.25, -0.2) is 0 Å². The molecule has 0 spiro atoms. The Kier molecular flexibility index (Phi) is 6.37. The largest absolute Gasteiger partial charge is 0.497 e. The Morgan fingerprint density at radius 1 is 1.33 bits per heavy atom. The van der Waals surface area contributed by atoms with Crippen molar-refractivity contribution in [3.05, 3.63) is 46.8 Å². The van der Waals surface area contributed by atoms with Gasteiger partial charge in [-0.05, 0) is 38.0 Å². The summed E-state index contributed by atoms with van der Waals surface area (Å²) in [6.07, 6.45) is 0.782. The fourth-order valence-electron chi connectivity index (χ4n) is 2.57. The van der Waals surface area contributed by atoms with Crippen molar-refractivity contribution in [2.24, 2.45) is 0 Å². The first-order chi connectivity index (χ1) is 11.5. The molecule has 1 amide bonds. The molecule has 1 unspecified atom stereocenters. The van der Waals surface area contributed by atoms with Gasteiger partial charge < -0.3 is 19.3 Å². The van der Waals surface area contributed by atoms with Crippen LogP contribution in [-0.2, 0) is 16.0 Å². The van der Waals surface area contributed by atoms with Crippen molar-refractivity contribution >= 4 is 5.91 Å². The third kappa shape index (κ3) is 4.58. The summed E-state index contributed by atoms with van der Waals surface area (Å²) in [5.41, 5.74) is 2.80. The Balaban J connectivity index is 1.87. The van der Waals surface area contributed by atoms with Crippen LogP contribution >= 0.6 is 0 Å². The molecule has 0 saturated heterocycles. The van der Waals surface area contributed by atoms with E-state index in [0.29, 0.717) is 19.4 Å². The molecule has 6 heteroatoms. The lowest BCUT2D eigenvalue weighted by Gasteiger charge is -2.17. The summed E-state index contributed by atoms with van der Waals surface area (Å²) in [5.74, 6) is 1.51. The molecule has 0 bridgehead atoms. The molecule has 1 atom stereocenters. The van der Waals surface area contributed by atoms with E-state index in [9.17, 15) is 4.79 Å². The molecule has 2 aromatic rings. The van der Waals surface area contributed by atoms with Crippen molar-refractivity contribution in [1.82, 2.24) is 10.5 Å². The van der Waals surface area contributed by atoms with Gasteiger partial charge in [0.2, 0.25) is 5.91 Å². The Morgan fingerprint density at radius 3 is 2.75 bits per heavy atom. The Hall–Kier alpha value is -2.34. The smallest absolute Gasteiger partial charge is 0.220 e. The minimum absolute atomic E-state index is 0.0278. The summed E-state index contributed by atoms with van der Waals surface area (Å²) in [6.45, 7) is 4.15. The maximum absolute atomic E-state index is 12.1. The highest BCUT2D eigenvalue weighted by Crippen LogP contribution is 2.21. The van der Waals surface area contributed by atoms with Crippen LogP contribution in [-0.4, -0.2) is 31.8 Å². The zero-order chi connectivity index (χ0) is 17.5. The molecule has 0 radical (unpaired) electrons. The maximum Gasteiger partial charge on any atom is 0.220 e. The highest BCUT2D eigenvalue weighted by molar-refractivity contribution is 5.76. The van der Waals surface area contributed by atoms with Gasteiger partial charge in [0.1, 0.15) is 11.5 Å². The van der Waals surface area contributed by atoms with Crippen molar-refractivity contribution in [3.63, 3.8) is 0 Å². The lowest BCUT2D eigenvalue weighted by atomic mass is 10.1. The van der Waals surface area contributed by atoms with E-state index in [1.165, 1.54) is 0 Å². The Bertz CT molecular complexity index is 662. The number of aryl methyl sites for hydroxylation is 2. The summed E-state index contributed by atoms with van der Waals surface area (Å²) < 4.78 is 15.8. The first kappa shape index (κ1) is 18.0. The van der Waals surface area contributed by atoms with Crippen LogP contribution in [0.25, 0.3) is 0 Å². The van der Waals surface area contributed by atoms with Gasteiger partial charge in [-0.1, -0.05) is 17.3 Å². The first-order valence-electron chi connectivity index (χ1n) is 7.90. The molecule has 1 N–H and O–H groups in total. The molecular formula is C18H24N2O4. The summed E-state index contributed by atoms with van der Waals surface area (Å²) in [5, 5.41) is 6.81. The molecule has 24 heavy (non-hydrogen) atoms. The molecule has 0 fully saturated rings. The predicted octanol–water partition coefficient (Wildman–Crippen LogP) is 2.74. The number of benzene rings is 1. The Morgan fingerprint density at radius 2 is 2.12 bits per heavy atom. The van der Waals surface area contributed by atoms with Crippen LogP contribution in [0.5, 0.6) is 5.75 Å². The van der Waals surface area contributed by atoms with Crippen molar-refractivity contribution < 1.29 is 18.8 Å². The Labute approximate surface area is 142 Å². The summed E-state index contributed by atoms with van der Waals surface area (Å²) >= 11 is 0. The second-order valence-corrected chi connectivity index (χ2v) is 5.61. The number of aromatic nitrogens is 1. The molecule has 1 heterocycles. The minimum Gasteiger partial charge on any atom is -0.497 e. The molecular weight excluding hydrogens is 308 g/mol. The maximum atomic E-state index is 12.1. The number of ether oxygens (including phenoxy) is 2. The van der Waals surface area contributed by atoms with E-state index in [2.05, 4.69) is 10.5 Å². The number of nitrogens with one attached hydrogen (secondary N) is 1. The summed E-state index contributed by atoms with van der Waals surface area (Å²) in [7, 11) is 3.25. The highest BCUT2D eigenvalue weighted by atomic mass is 16.5. The minimum atomic E-state index is -0.219. The van der Waals surface area contributed by atoms with Crippen molar-refractivity contribution in [3.8, 4) is 5.75 Å². The first-order valence-corrected chi connectivity index (χ1v) is 7.90. The van der Waals surface area contributed by atoms with Crippen LogP contribution in [0.15, 0.2) is 28.8 Å². The topological polar surface area (TPSA) is 73.6 Å². The van der Waals surface area contributed by atoms with Gasteiger partial charge >= 0.3 is 0 Å². The fourth-order valence-corrected chi connectivity index (χ4v) is 2.57. The SMILES string of the molecule is COc1cccc(C(CNC(=O)CCc2c(C)noc2C)OC)c1. The normalized spacial score (nSPS) is 12.0. The quantitative estimate of drug-likeness (QED) is 0.804. The molecule has 6 nitrogen and oxygen atoms in total. The lowest BCUT2D eigenvalue weighted by molar-refractivity contribution is -0.121. The molecule has 0 saturated carbocycles. The number of methoxy groups -OCH3 is 2. The zero-order valence-electron chi connectivity index (χ0n) is 14.6. The molecule has 1 aromatic heterocycles. The van der Waals surface area contributed by atoms with E-state index in [4.69, 9.17) is 14.0 Å².